The van der Waals surface area contributed by atoms with Crippen LogP contribution in [0, 0.1) is 13.1 Å². The lowest BCUT2D eigenvalue weighted by Gasteiger charge is -2.12. The van der Waals surface area contributed by atoms with E-state index < -0.39 is 5.97 Å². The van der Waals surface area contributed by atoms with Crippen molar-refractivity contribution in [2.45, 2.75) is 70.8 Å². The molecule has 8 nitrogen and oxygen atoms in total. The minimum absolute atomic E-state index is 0.0203. The van der Waals surface area contributed by atoms with Gasteiger partial charge in [0.1, 0.15) is 11.5 Å². The van der Waals surface area contributed by atoms with Crippen molar-refractivity contribution in [2.24, 2.45) is 0 Å². The number of unbranched alkanes of at least 4 members (excludes halogenated alkanes) is 6. The lowest BCUT2D eigenvalue weighted by molar-refractivity contribution is -0.145. The third-order valence-electron chi connectivity index (χ3n) is 6.15. The van der Waals surface area contributed by atoms with Crippen LogP contribution in [0.25, 0.3) is 9.69 Å². The van der Waals surface area contributed by atoms with Crippen molar-refractivity contribution < 1.29 is 28.5 Å². The van der Waals surface area contributed by atoms with Gasteiger partial charge in [-0.25, -0.2) is 19.3 Å². The van der Waals surface area contributed by atoms with Gasteiger partial charge in [0.2, 0.25) is 11.4 Å². The van der Waals surface area contributed by atoms with Crippen LogP contribution in [0.2, 0.25) is 0 Å². The number of hydrogen-bond donors (Lipinski definition) is 0. The Labute approximate surface area is 224 Å². The standard InChI is InChI=1S/C30H34N2O6/c1-4-5-10-19-35-24-17-18-25(28(32-3)27(24)31-2)38-29(33)23-15-13-22(14-16-23)12-9-7-6-8-11-20-36-30(34)26-21-37-26/h13-18,26H,4-12,19-21H2,1H3. The van der Waals surface area contributed by atoms with E-state index in [4.69, 9.17) is 32.1 Å². The summed E-state index contributed by atoms with van der Waals surface area (Å²) in [6.45, 7) is 18.5. The molecule has 1 heterocycles. The Morgan fingerprint density at radius 1 is 0.868 bits per heavy atom. The van der Waals surface area contributed by atoms with E-state index in [0.717, 1.165) is 63.4 Å². The number of carbonyl (C=O) groups excluding carboxylic acids is 2. The third-order valence-corrected chi connectivity index (χ3v) is 6.15. The van der Waals surface area contributed by atoms with Crippen LogP contribution < -0.4 is 9.47 Å². The van der Waals surface area contributed by atoms with E-state index in [0.29, 0.717) is 31.1 Å². The summed E-state index contributed by atoms with van der Waals surface area (Å²) in [5.41, 5.74) is 1.54. The number of aryl methyl sites for hydroxylation is 1. The molecular formula is C30H34N2O6. The summed E-state index contributed by atoms with van der Waals surface area (Å²) < 4.78 is 21.2. The van der Waals surface area contributed by atoms with Crippen molar-refractivity contribution in [3.8, 4) is 11.5 Å². The van der Waals surface area contributed by atoms with E-state index in [1.807, 2.05) is 12.1 Å². The molecule has 0 bridgehead atoms. The molecule has 2 aromatic rings. The summed E-state index contributed by atoms with van der Waals surface area (Å²) >= 11 is 0. The van der Waals surface area contributed by atoms with Gasteiger partial charge in [0.25, 0.3) is 0 Å². The van der Waals surface area contributed by atoms with Gasteiger partial charge in [-0.2, -0.15) is 0 Å². The molecule has 3 rings (SSSR count). The zero-order chi connectivity index (χ0) is 27.2. The molecule has 0 aliphatic carbocycles. The second-order valence-electron chi connectivity index (χ2n) is 9.13. The van der Waals surface area contributed by atoms with Crippen molar-refractivity contribution in [3.63, 3.8) is 0 Å². The normalized spacial score (nSPS) is 13.7. The molecule has 0 spiro atoms. The molecule has 1 fully saturated rings. The molecule has 1 saturated heterocycles. The van der Waals surface area contributed by atoms with Crippen molar-refractivity contribution in [2.75, 3.05) is 19.8 Å². The van der Waals surface area contributed by atoms with Crippen LogP contribution in [0.5, 0.6) is 11.5 Å². The number of epoxide rings is 1. The largest absolute Gasteiger partial charge is 0.506 e. The van der Waals surface area contributed by atoms with Crippen LogP contribution in [0.1, 0.15) is 74.2 Å². The summed E-state index contributed by atoms with van der Waals surface area (Å²) in [7, 11) is 0. The minimum atomic E-state index is -0.581. The molecule has 0 radical (unpaired) electrons. The number of esters is 2. The molecular weight excluding hydrogens is 484 g/mol. The maximum atomic E-state index is 12.7. The highest BCUT2D eigenvalue weighted by Gasteiger charge is 2.32. The predicted molar refractivity (Wildman–Crippen MR) is 143 cm³/mol. The van der Waals surface area contributed by atoms with E-state index in [1.165, 1.54) is 6.07 Å². The van der Waals surface area contributed by atoms with E-state index >= 15 is 0 Å². The van der Waals surface area contributed by atoms with Gasteiger partial charge in [-0.05, 0) is 55.5 Å². The lowest BCUT2D eigenvalue weighted by atomic mass is 10.0. The Bertz CT molecular complexity index is 1160. The fourth-order valence-electron chi connectivity index (χ4n) is 3.87. The quantitative estimate of drug-likeness (QED) is 0.0781. The minimum Gasteiger partial charge on any atom is -0.506 e. The Morgan fingerprint density at radius 3 is 2.18 bits per heavy atom. The summed E-state index contributed by atoms with van der Waals surface area (Å²) in [5.74, 6) is -0.448. The van der Waals surface area contributed by atoms with Crippen molar-refractivity contribution in [1.82, 2.24) is 0 Å². The van der Waals surface area contributed by atoms with Gasteiger partial charge < -0.3 is 18.9 Å². The summed E-state index contributed by atoms with van der Waals surface area (Å²) in [6, 6.07) is 10.3. The van der Waals surface area contributed by atoms with Gasteiger partial charge in [0, 0.05) is 0 Å². The van der Waals surface area contributed by atoms with E-state index in [2.05, 4.69) is 16.6 Å². The molecule has 1 aliphatic rings. The second kappa shape index (κ2) is 15.4. The number of nitrogens with zero attached hydrogens (tertiary/aromatic N) is 2. The molecule has 1 aliphatic heterocycles. The van der Waals surface area contributed by atoms with Crippen LogP contribution in [0.3, 0.4) is 0 Å². The first-order valence-electron chi connectivity index (χ1n) is 13.2. The first-order chi connectivity index (χ1) is 18.6. The van der Waals surface area contributed by atoms with Crippen LogP contribution in [-0.4, -0.2) is 37.9 Å². The fourth-order valence-corrected chi connectivity index (χ4v) is 3.87. The van der Waals surface area contributed by atoms with Crippen LogP contribution in [0.15, 0.2) is 36.4 Å². The lowest BCUT2D eigenvalue weighted by Crippen LogP contribution is -2.12. The molecule has 2 aromatic carbocycles. The first-order valence-corrected chi connectivity index (χ1v) is 13.2. The number of benzene rings is 2. The van der Waals surface area contributed by atoms with Crippen LogP contribution in [0.4, 0.5) is 11.4 Å². The highest BCUT2D eigenvalue weighted by atomic mass is 16.6. The number of hydrogen-bond acceptors (Lipinski definition) is 6. The van der Waals surface area contributed by atoms with Crippen LogP contribution in [-0.2, 0) is 20.7 Å². The molecule has 1 atom stereocenters. The van der Waals surface area contributed by atoms with Gasteiger partial charge in [0.05, 0.1) is 38.5 Å². The van der Waals surface area contributed by atoms with Gasteiger partial charge in [-0.15, -0.1) is 0 Å². The monoisotopic (exact) mass is 518 g/mol. The van der Waals surface area contributed by atoms with E-state index in [9.17, 15) is 9.59 Å². The van der Waals surface area contributed by atoms with Gasteiger partial charge in [-0.3, -0.25) is 0 Å². The molecule has 0 N–H and O–H groups in total. The fraction of sp³-hybridized carbons (Fsp3) is 0.467. The maximum absolute atomic E-state index is 12.7. The number of rotatable bonds is 16. The molecule has 8 heteroatoms. The van der Waals surface area contributed by atoms with Crippen molar-refractivity contribution in [3.05, 3.63) is 70.4 Å². The maximum Gasteiger partial charge on any atom is 0.342 e. The Hall–Kier alpha value is -3.88. The average molecular weight is 519 g/mol. The summed E-state index contributed by atoms with van der Waals surface area (Å²) in [4.78, 5) is 31.0. The number of carbonyl (C=O) groups is 2. The van der Waals surface area contributed by atoms with E-state index in [-0.39, 0.29) is 29.2 Å². The second-order valence-corrected chi connectivity index (χ2v) is 9.13. The van der Waals surface area contributed by atoms with Crippen molar-refractivity contribution >= 4 is 23.3 Å². The molecule has 0 aromatic heterocycles. The average Bonchev–Trinajstić information content (AvgIpc) is 3.79. The Balaban J connectivity index is 1.43. The Kier molecular flexibility index (Phi) is 11.6. The zero-order valence-electron chi connectivity index (χ0n) is 21.9. The molecule has 0 amide bonds. The topological polar surface area (TPSA) is 83.1 Å². The van der Waals surface area contributed by atoms with E-state index in [1.54, 1.807) is 18.2 Å². The number of ether oxygens (including phenoxy) is 4. The SMILES string of the molecule is [C-]#[N+]c1c(OCCCCC)ccc(OC(=O)c2ccc(CCCCCCCOC(=O)C3CO3)cc2)c1[N+]#[C-]. The highest BCUT2D eigenvalue weighted by molar-refractivity contribution is 5.93. The summed E-state index contributed by atoms with van der Waals surface area (Å²) in [5, 5.41) is 0. The Morgan fingerprint density at radius 2 is 1.50 bits per heavy atom. The summed E-state index contributed by atoms with van der Waals surface area (Å²) in [6.07, 6.45) is 8.56. The highest BCUT2D eigenvalue weighted by Crippen LogP contribution is 2.45. The molecule has 38 heavy (non-hydrogen) atoms. The van der Waals surface area contributed by atoms with Gasteiger partial charge in [0.15, 0.2) is 6.10 Å². The zero-order valence-corrected chi connectivity index (χ0v) is 21.9. The predicted octanol–water partition coefficient (Wildman–Crippen LogP) is 7.01. The molecule has 1 unspecified atom stereocenters. The van der Waals surface area contributed by atoms with Crippen molar-refractivity contribution in [1.29, 1.82) is 0 Å². The van der Waals surface area contributed by atoms with Gasteiger partial charge >= 0.3 is 11.9 Å². The van der Waals surface area contributed by atoms with Gasteiger partial charge in [-0.1, -0.05) is 51.2 Å². The smallest absolute Gasteiger partial charge is 0.342 e. The van der Waals surface area contributed by atoms with Crippen LogP contribution >= 0.6 is 0 Å². The first kappa shape index (κ1) is 28.7. The third kappa shape index (κ3) is 8.90. The molecule has 200 valence electrons. The molecule has 0 saturated carbocycles.